The molecule has 122 valence electrons. The Morgan fingerprint density at radius 3 is 3.00 bits per heavy atom. The number of aromatic nitrogens is 3. The van der Waals surface area contributed by atoms with Crippen molar-refractivity contribution in [2.24, 2.45) is 5.92 Å². The molecule has 1 aromatic heterocycles. The molecule has 2 fully saturated rings. The molecule has 2 atom stereocenters. The molecule has 1 aliphatic heterocycles. The third-order valence-electron chi connectivity index (χ3n) is 4.89. The van der Waals surface area contributed by atoms with Crippen LogP contribution in [0.2, 0.25) is 0 Å². The first-order valence-electron chi connectivity index (χ1n) is 8.61. The molecule has 1 saturated heterocycles. The second kappa shape index (κ2) is 7.49. The van der Waals surface area contributed by atoms with Gasteiger partial charge >= 0.3 is 0 Å². The highest BCUT2D eigenvalue weighted by Crippen LogP contribution is 2.35. The fraction of sp³-hybridized carbons (Fsp3) is 0.812. The third kappa shape index (κ3) is 3.65. The molecule has 0 radical (unpaired) electrons. The zero-order valence-corrected chi connectivity index (χ0v) is 14.2. The molecule has 1 aromatic rings. The maximum Gasteiger partial charge on any atom is 0.233 e. The smallest absolute Gasteiger partial charge is 0.233 e. The van der Waals surface area contributed by atoms with Crippen molar-refractivity contribution in [3.05, 3.63) is 5.82 Å². The Labute approximate surface area is 136 Å². The minimum absolute atomic E-state index is 0.267. The van der Waals surface area contributed by atoms with Crippen LogP contribution in [0.5, 0.6) is 0 Å². The first-order chi connectivity index (χ1) is 10.8. The van der Waals surface area contributed by atoms with Crippen LogP contribution < -0.4 is 0 Å². The Hall–Kier alpha value is -1.04. The highest BCUT2D eigenvalue weighted by Gasteiger charge is 2.35. The lowest BCUT2D eigenvalue weighted by Gasteiger charge is -2.44. The predicted molar refractivity (Wildman–Crippen MR) is 87.8 cm³/mol. The van der Waals surface area contributed by atoms with Gasteiger partial charge in [-0.15, -0.1) is 5.10 Å². The number of hydrogen-bond donors (Lipinski definition) is 1. The summed E-state index contributed by atoms with van der Waals surface area (Å²) in [6.45, 7) is 3.06. The maximum absolute atomic E-state index is 12.6. The molecule has 1 N–H and O–H groups in total. The fourth-order valence-corrected chi connectivity index (χ4v) is 4.54. The van der Waals surface area contributed by atoms with Gasteiger partial charge in [0.05, 0.1) is 5.75 Å². The van der Waals surface area contributed by atoms with Gasteiger partial charge < -0.3 is 4.90 Å². The highest BCUT2D eigenvalue weighted by molar-refractivity contribution is 7.99. The molecule has 22 heavy (non-hydrogen) atoms. The summed E-state index contributed by atoms with van der Waals surface area (Å²) in [6.07, 6.45) is 9.56. The van der Waals surface area contributed by atoms with E-state index in [0.717, 1.165) is 31.1 Å². The number of carbonyl (C=O) groups excluding carboxylic acids is 1. The first-order valence-corrected chi connectivity index (χ1v) is 9.60. The van der Waals surface area contributed by atoms with Crippen LogP contribution in [-0.4, -0.2) is 44.3 Å². The minimum Gasteiger partial charge on any atom is -0.339 e. The van der Waals surface area contributed by atoms with Gasteiger partial charge in [-0.3, -0.25) is 9.89 Å². The van der Waals surface area contributed by atoms with E-state index >= 15 is 0 Å². The number of aryl methyl sites for hydroxylation is 1. The SMILES string of the molecule is CCCc1nc(SCC(=O)N2CCCC3CCCCC32)n[nH]1. The number of nitrogens with zero attached hydrogens (tertiary/aromatic N) is 3. The fourth-order valence-electron chi connectivity index (χ4n) is 3.83. The van der Waals surface area contributed by atoms with Gasteiger partial charge in [0.2, 0.25) is 11.1 Å². The van der Waals surface area contributed by atoms with E-state index in [1.807, 2.05) is 0 Å². The van der Waals surface area contributed by atoms with Crippen LogP contribution in [-0.2, 0) is 11.2 Å². The Balaban J connectivity index is 1.54. The van der Waals surface area contributed by atoms with Crippen molar-refractivity contribution in [3.63, 3.8) is 0 Å². The molecule has 0 spiro atoms. The van der Waals surface area contributed by atoms with Crippen LogP contribution in [0.1, 0.15) is 57.7 Å². The number of hydrogen-bond acceptors (Lipinski definition) is 4. The van der Waals surface area contributed by atoms with E-state index in [9.17, 15) is 4.79 Å². The second-order valence-electron chi connectivity index (χ2n) is 6.44. The van der Waals surface area contributed by atoms with Gasteiger partial charge in [-0.25, -0.2) is 4.98 Å². The Morgan fingerprint density at radius 1 is 1.32 bits per heavy atom. The summed E-state index contributed by atoms with van der Waals surface area (Å²) in [5, 5.41) is 7.84. The summed E-state index contributed by atoms with van der Waals surface area (Å²) >= 11 is 1.46. The second-order valence-corrected chi connectivity index (χ2v) is 7.39. The van der Waals surface area contributed by atoms with Crippen LogP contribution in [0.3, 0.4) is 0 Å². The molecule has 2 aliphatic rings. The van der Waals surface area contributed by atoms with E-state index in [4.69, 9.17) is 0 Å². The van der Waals surface area contributed by atoms with E-state index in [2.05, 4.69) is 27.0 Å². The number of carbonyl (C=O) groups is 1. The summed E-state index contributed by atoms with van der Waals surface area (Å²) < 4.78 is 0. The molecule has 0 bridgehead atoms. The van der Waals surface area contributed by atoms with E-state index < -0.39 is 0 Å². The average molecular weight is 322 g/mol. The molecule has 6 heteroatoms. The number of amides is 1. The van der Waals surface area contributed by atoms with Crippen LogP contribution in [0.15, 0.2) is 5.16 Å². The van der Waals surface area contributed by atoms with Crippen molar-refractivity contribution in [2.75, 3.05) is 12.3 Å². The molecule has 0 aromatic carbocycles. The van der Waals surface area contributed by atoms with Crippen molar-refractivity contribution >= 4 is 17.7 Å². The van der Waals surface area contributed by atoms with Crippen molar-refractivity contribution in [1.29, 1.82) is 0 Å². The molecule has 1 aliphatic carbocycles. The van der Waals surface area contributed by atoms with Crippen molar-refractivity contribution in [1.82, 2.24) is 20.1 Å². The predicted octanol–water partition coefficient (Wildman–Crippen LogP) is 3.03. The number of thioether (sulfide) groups is 1. The van der Waals surface area contributed by atoms with E-state index in [1.165, 1.54) is 50.3 Å². The summed E-state index contributed by atoms with van der Waals surface area (Å²) in [5.41, 5.74) is 0. The van der Waals surface area contributed by atoms with Gasteiger partial charge in [-0.1, -0.05) is 31.5 Å². The lowest BCUT2D eigenvalue weighted by molar-refractivity contribution is -0.134. The molecule has 1 amide bonds. The van der Waals surface area contributed by atoms with Gasteiger partial charge in [0, 0.05) is 19.0 Å². The van der Waals surface area contributed by atoms with Crippen LogP contribution in [0.25, 0.3) is 0 Å². The molecule has 1 saturated carbocycles. The van der Waals surface area contributed by atoms with E-state index in [1.54, 1.807) is 0 Å². The highest BCUT2D eigenvalue weighted by atomic mass is 32.2. The van der Waals surface area contributed by atoms with Crippen molar-refractivity contribution in [2.45, 2.75) is 69.5 Å². The zero-order valence-electron chi connectivity index (χ0n) is 13.4. The normalized spacial score (nSPS) is 25.0. The standard InChI is InChI=1S/C16H26N4OS/c1-2-6-14-17-16(19-18-14)22-11-15(21)20-10-5-8-12-7-3-4-9-13(12)20/h12-13H,2-11H2,1H3,(H,17,18,19). The third-order valence-corrected chi connectivity index (χ3v) is 5.72. The topological polar surface area (TPSA) is 61.9 Å². The van der Waals surface area contributed by atoms with Gasteiger partial charge in [-0.2, -0.15) is 0 Å². The Morgan fingerprint density at radius 2 is 2.14 bits per heavy atom. The minimum atomic E-state index is 0.267. The molecule has 5 nitrogen and oxygen atoms in total. The molecule has 2 heterocycles. The molecular formula is C16H26N4OS. The van der Waals surface area contributed by atoms with Gasteiger partial charge in [0.1, 0.15) is 5.82 Å². The lowest BCUT2D eigenvalue weighted by atomic mass is 9.78. The number of fused-ring (bicyclic) bond motifs is 1. The van der Waals surface area contributed by atoms with Crippen LogP contribution >= 0.6 is 11.8 Å². The van der Waals surface area contributed by atoms with Crippen LogP contribution in [0.4, 0.5) is 0 Å². The maximum atomic E-state index is 12.6. The van der Waals surface area contributed by atoms with E-state index in [0.29, 0.717) is 17.0 Å². The number of likely N-dealkylation sites (tertiary alicyclic amines) is 1. The Kier molecular flexibility index (Phi) is 5.39. The number of rotatable bonds is 5. The largest absolute Gasteiger partial charge is 0.339 e. The number of nitrogens with one attached hydrogen (secondary N) is 1. The van der Waals surface area contributed by atoms with Crippen LogP contribution in [0, 0.1) is 5.92 Å². The van der Waals surface area contributed by atoms with Gasteiger partial charge in [-0.05, 0) is 38.0 Å². The summed E-state index contributed by atoms with van der Waals surface area (Å²) in [5.74, 6) is 2.40. The zero-order chi connectivity index (χ0) is 15.4. The first kappa shape index (κ1) is 15.8. The number of aromatic amines is 1. The number of piperidine rings is 1. The molecule has 3 rings (SSSR count). The Bertz CT molecular complexity index is 502. The quantitative estimate of drug-likeness (QED) is 0.847. The van der Waals surface area contributed by atoms with Crippen molar-refractivity contribution in [3.8, 4) is 0 Å². The van der Waals surface area contributed by atoms with Gasteiger partial charge in [0.15, 0.2) is 0 Å². The monoisotopic (exact) mass is 322 g/mol. The van der Waals surface area contributed by atoms with E-state index in [-0.39, 0.29) is 5.91 Å². The average Bonchev–Trinajstić information content (AvgIpc) is 3.00. The summed E-state index contributed by atoms with van der Waals surface area (Å²) in [6, 6.07) is 0.499. The van der Waals surface area contributed by atoms with Gasteiger partial charge in [0.25, 0.3) is 0 Å². The summed E-state index contributed by atoms with van der Waals surface area (Å²) in [4.78, 5) is 19.2. The van der Waals surface area contributed by atoms with Crippen molar-refractivity contribution < 1.29 is 4.79 Å². The lowest BCUT2D eigenvalue weighted by Crippen LogP contribution is -2.50. The number of H-pyrrole nitrogens is 1. The summed E-state index contributed by atoms with van der Waals surface area (Å²) in [7, 11) is 0. The molecule has 2 unspecified atom stereocenters. The molecular weight excluding hydrogens is 296 g/mol.